The highest BCUT2D eigenvalue weighted by atomic mass is 32.1. The van der Waals surface area contributed by atoms with E-state index < -0.39 is 64.7 Å². The molecule has 0 unspecified atom stereocenters. The molecular weight excluding hydrogens is 936 g/mol. The summed E-state index contributed by atoms with van der Waals surface area (Å²) in [4.78, 5) is 64.9. The molecule has 0 aliphatic carbocycles. The number of β-amino-alcohol motifs (C(OH)–C–C–N with tert-alkyl or cyclic N) is 1. The van der Waals surface area contributed by atoms with Crippen molar-refractivity contribution in [3.63, 3.8) is 0 Å². The van der Waals surface area contributed by atoms with Gasteiger partial charge in [-0.1, -0.05) is 63.2 Å². The average molecular weight is 1000 g/mol. The number of benzene rings is 3. The fraction of sp³-hybridized carbons (Fsp3) is 0.491. The maximum absolute atomic E-state index is 16.0. The molecule has 0 bridgehead atoms. The zero-order chi connectivity index (χ0) is 51.2. The zero-order valence-corrected chi connectivity index (χ0v) is 42.3. The van der Waals surface area contributed by atoms with Crippen molar-refractivity contribution in [2.75, 3.05) is 39.5 Å². The highest BCUT2D eigenvalue weighted by Gasteiger charge is 2.45. The summed E-state index contributed by atoms with van der Waals surface area (Å²) in [5.74, 6) is -3.38. The Bertz CT molecular complexity index is 2660. The van der Waals surface area contributed by atoms with Gasteiger partial charge in [0, 0.05) is 79.4 Å². The first kappa shape index (κ1) is 53.0. The van der Waals surface area contributed by atoms with Crippen LogP contribution in [0.5, 0.6) is 5.75 Å². The van der Waals surface area contributed by atoms with Gasteiger partial charge in [-0.3, -0.25) is 24.1 Å². The van der Waals surface area contributed by atoms with Gasteiger partial charge in [-0.25, -0.2) is 18.2 Å². The van der Waals surface area contributed by atoms with E-state index in [2.05, 4.69) is 25.9 Å². The molecule has 382 valence electrons. The zero-order valence-electron chi connectivity index (χ0n) is 41.5. The maximum atomic E-state index is 16.0. The van der Waals surface area contributed by atoms with Crippen LogP contribution in [0.2, 0.25) is 0 Å². The number of carbonyl (C=O) groups excluding carboxylic acids is 4. The molecule has 2 aliphatic heterocycles. The molecule has 7 rings (SSSR count). The van der Waals surface area contributed by atoms with Crippen LogP contribution in [0.4, 0.5) is 13.2 Å². The molecule has 1 saturated heterocycles. The lowest BCUT2D eigenvalue weighted by Gasteiger charge is -2.43. The van der Waals surface area contributed by atoms with Gasteiger partial charge in [0.15, 0.2) is 0 Å². The largest absolute Gasteiger partial charge is 0.492 e. The number of halogens is 3. The third-order valence-corrected chi connectivity index (χ3v) is 14.0. The highest BCUT2D eigenvalue weighted by Crippen LogP contribution is 2.44. The minimum Gasteiger partial charge on any atom is -0.492 e. The topological polar surface area (TPSA) is 178 Å². The van der Waals surface area contributed by atoms with Gasteiger partial charge < -0.3 is 40.4 Å². The van der Waals surface area contributed by atoms with Crippen molar-refractivity contribution >= 4 is 45.9 Å². The van der Waals surface area contributed by atoms with Crippen molar-refractivity contribution < 1.29 is 46.9 Å². The molecule has 4 amide bonds. The van der Waals surface area contributed by atoms with Gasteiger partial charge in [-0.05, 0) is 75.1 Å². The minimum atomic E-state index is -1.63. The van der Waals surface area contributed by atoms with Crippen molar-refractivity contribution in [3.05, 3.63) is 106 Å². The number of hydrogen-bond acceptors (Lipinski definition) is 10. The lowest BCUT2D eigenvalue weighted by molar-refractivity contribution is -0.144. The Morgan fingerprint density at radius 3 is 2.37 bits per heavy atom. The first-order chi connectivity index (χ1) is 33.7. The highest BCUT2D eigenvalue weighted by molar-refractivity contribution is 7.13. The number of amides is 4. The summed E-state index contributed by atoms with van der Waals surface area (Å²) in [5, 5.41) is 19.9. The van der Waals surface area contributed by atoms with Gasteiger partial charge in [0.2, 0.25) is 23.6 Å². The van der Waals surface area contributed by atoms with Crippen LogP contribution in [0, 0.1) is 24.0 Å². The van der Waals surface area contributed by atoms with Crippen molar-refractivity contribution in [2.45, 2.75) is 123 Å². The average Bonchev–Trinajstić information content (AvgIpc) is 4.03. The number of H-pyrrole nitrogens is 1. The van der Waals surface area contributed by atoms with Crippen molar-refractivity contribution in [1.82, 2.24) is 35.7 Å². The van der Waals surface area contributed by atoms with Gasteiger partial charge in [-0.15, -0.1) is 11.3 Å². The van der Waals surface area contributed by atoms with E-state index in [1.165, 1.54) is 18.7 Å². The Morgan fingerprint density at radius 2 is 1.69 bits per heavy atom. The van der Waals surface area contributed by atoms with Crippen molar-refractivity contribution in [2.24, 2.45) is 5.41 Å². The van der Waals surface area contributed by atoms with Gasteiger partial charge in [0.25, 0.3) is 0 Å². The first-order valence-electron chi connectivity index (χ1n) is 24.2. The number of nitrogens with zero attached hydrogens (tertiary/aromatic N) is 3. The maximum Gasteiger partial charge on any atom is 0.246 e. The number of nitrogens with one attached hydrogen (secondary N) is 4. The molecular formula is C53H66F3N7O7S. The van der Waals surface area contributed by atoms with Crippen molar-refractivity contribution in [3.8, 4) is 16.2 Å². The molecule has 5 aromatic rings. The molecule has 5 N–H and O–H groups in total. The summed E-state index contributed by atoms with van der Waals surface area (Å²) in [6, 6.07) is 14.7. The first-order valence-corrected chi connectivity index (χ1v) is 25.1. The Kier molecular flexibility index (Phi) is 17.0. The molecule has 1 fully saturated rings. The van der Waals surface area contributed by atoms with E-state index in [1.807, 2.05) is 67.3 Å². The minimum absolute atomic E-state index is 0.0404. The van der Waals surface area contributed by atoms with E-state index in [4.69, 9.17) is 9.47 Å². The molecule has 71 heavy (non-hydrogen) atoms. The van der Waals surface area contributed by atoms with E-state index >= 15 is 13.2 Å². The number of likely N-dealkylation sites (tertiary alicyclic amines) is 1. The molecule has 0 saturated carbocycles. The fourth-order valence-electron chi connectivity index (χ4n) is 9.49. The molecule has 3 aromatic carbocycles. The standard InChI is InChI=1S/C53H66F3N7O7S/c1-31-22-38-37-12-8-9-13-41(37)60-46(38)47(63(31)29-53(6,7)56)45-39(54)24-36(25-40(45)55)70-21-19-57-43(65)14-10-11-20-69-28-44(66)61-49(52(3,4)5)51(68)62-27-35(64)23-42(62)50(67)58-26-33-15-17-34(18-16-33)48-32(2)59-30-71-48/h8-9,12-13,15-18,24-25,30-31,35,42,47,49,60,64H,10-11,14,19-23,26-29H2,1-7H3,(H,57,65)(H,58,67)(H,61,66)/t31-,35-,42+,47-,49-/m1/s1. The number of thiazole rings is 1. The fourth-order valence-corrected chi connectivity index (χ4v) is 10.3. The monoisotopic (exact) mass is 1000 g/mol. The lowest BCUT2D eigenvalue weighted by Crippen LogP contribution is -2.58. The van der Waals surface area contributed by atoms with Crippen molar-refractivity contribution in [1.29, 1.82) is 0 Å². The van der Waals surface area contributed by atoms with E-state index in [9.17, 15) is 24.3 Å². The smallest absolute Gasteiger partial charge is 0.246 e. The molecule has 14 nitrogen and oxygen atoms in total. The molecule has 2 aromatic heterocycles. The van der Waals surface area contributed by atoms with Gasteiger partial charge >= 0.3 is 0 Å². The number of para-hydroxylation sites is 1. The number of rotatable bonds is 20. The number of ether oxygens (including phenoxy) is 2. The van der Waals surface area contributed by atoms with Crippen LogP contribution in [0.3, 0.4) is 0 Å². The Morgan fingerprint density at radius 1 is 0.972 bits per heavy atom. The number of aliphatic hydroxyl groups excluding tert-OH is 1. The number of aliphatic hydroxyl groups is 1. The van der Waals surface area contributed by atoms with Crippen LogP contribution in [0.1, 0.15) is 101 Å². The van der Waals surface area contributed by atoms with E-state index in [1.54, 1.807) is 37.6 Å². The van der Waals surface area contributed by atoms with E-state index in [0.717, 1.165) is 50.3 Å². The summed E-state index contributed by atoms with van der Waals surface area (Å²) in [7, 11) is 0. The Labute approximate surface area is 417 Å². The molecule has 18 heteroatoms. The summed E-state index contributed by atoms with van der Waals surface area (Å²) >= 11 is 1.56. The lowest BCUT2D eigenvalue weighted by atomic mass is 9.85. The van der Waals surface area contributed by atoms with Crippen LogP contribution in [0.25, 0.3) is 21.3 Å². The van der Waals surface area contributed by atoms with Gasteiger partial charge in [-0.2, -0.15) is 0 Å². The second-order valence-corrected chi connectivity index (χ2v) is 21.2. The molecule has 0 spiro atoms. The Balaban J connectivity index is 0.823. The summed E-state index contributed by atoms with van der Waals surface area (Å²) in [5.41, 5.74) is 4.50. The normalized spacial score (nSPS) is 18.8. The predicted octanol–water partition coefficient (Wildman–Crippen LogP) is 7.45. The SMILES string of the molecule is Cc1ncsc1-c1ccc(CNC(=O)[C@@H]2C[C@@H](O)CN2C(=O)[C@@H](NC(=O)COCCCCC(=O)NCCOc2cc(F)c([C@@H]3c4[nH]c5ccccc5c4C[C@@H](C)N3CC(C)(C)F)c(F)c2)C(C)(C)C)cc1. The van der Waals surface area contributed by atoms with Crippen LogP contribution >= 0.6 is 11.3 Å². The molecule has 4 heterocycles. The quantitative estimate of drug-likeness (QED) is 0.0496. The summed E-state index contributed by atoms with van der Waals surface area (Å²) in [6.45, 7) is 12.2. The van der Waals surface area contributed by atoms with E-state index in [-0.39, 0.29) is 82.1 Å². The number of aromatic nitrogens is 2. The summed E-state index contributed by atoms with van der Waals surface area (Å²) < 4.78 is 58.5. The van der Waals surface area contributed by atoms with Gasteiger partial charge in [0.05, 0.1) is 34.8 Å². The summed E-state index contributed by atoms with van der Waals surface area (Å²) in [6.07, 6.45) is 0.811. The Hall–Kier alpha value is -5.82. The molecule has 0 radical (unpaired) electrons. The predicted molar refractivity (Wildman–Crippen MR) is 266 cm³/mol. The molecule has 5 atom stereocenters. The van der Waals surface area contributed by atoms with Crippen LogP contribution < -0.4 is 20.7 Å². The van der Waals surface area contributed by atoms with Crippen LogP contribution in [0.15, 0.2) is 66.2 Å². The second kappa shape index (κ2) is 22.7. The third kappa shape index (κ3) is 13.2. The number of unbranched alkanes of at least 4 members (excludes halogenated alkanes) is 1. The number of carbonyl (C=O) groups is 4. The van der Waals surface area contributed by atoms with Crippen LogP contribution in [-0.4, -0.2) is 118 Å². The second-order valence-electron chi connectivity index (χ2n) is 20.4. The van der Waals surface area contributed by atoms with E-state index in [0.29, 0.717) is 25.0 Å². The van der Waals surface area contributed by atoms with Gasteiger partial charge in [0.1, 0.15) is 48.4 Å². The number of fused-ring (bicyclic) bond motifs is 3. The van der Waals surface area contributed by atoms with Crippen LogP contribution in [-0.2, 0) is 36.9 Å². The number of aryl methyl sites for hydroxylation is 1. The molecule has 2 aliphatic rings. The number of aromatic amines is 1. The number of hydrogen-bond donors (Lipinski definition) is 5. The number of alkyl halides is 1. The third-order valence-electron chi connectivity index (χ3n) is 13.0.